The third-order valence-corrected chi connectivity index (χ3v) is 35.1. The van der Waals surface area contributed by atoms with Crippen LogP contribution in [0.4, 0.5) is 0 Å². The fourth-order valence-corrected chi connectivity index (χ4v) is 17.7. The van der Waals surface area contributed by atoms with Crippen molar-refractivity contribution >= 4 is 62.2 Å². The van der Waals surface area contributed by atoms with E-state index in [9.17, 15) is 21.6 Å². The number of carbonyl (C=O) groups is 1. The number of allylic oxidation sites excluding steroid dienone is 2. The number of benzene rings is 1. The van der Waals surface area contributed by atoms with E-state index < -0.39 is 51.0 Å². The Bertz CT molecular complexity index is 2290. The van der Waals surface area contributed by atoms with Gasteiger partial charge in [-0.05, 0) is 143 Å². The Morgan fingerprint density at radius 2 is 1.45 bits per heavy atom. The molecule has 0 bridgehead atoms. The number of ether oxygens (including phenoxy) is 1. The molecule has 6 atom stereocenters. The minimum Gasteiger partial charge on any atom is -0.414 e. The van der Waals surface area contributed by atoms with Crippen molar-refractivity contribution in [1.82, 2.24) is 9.21 Å². The van der Waals surface area contributed by atoms with E-state index in [1.54, 1.807) is 12.0 Å². The average molecular weight is 1100 g/mol. The summed E-state index contributed by atoms with van der Waals surface area (Å²) in [6, 6.07) is 11.5. The lowest BCUT2D eigenvalue weighted by atomic mass is 9.85. The van der Waals surface area contributed by atoms with Crippen LogP contribution in [0.3, 0.4) is 0 Å². The molecular formula is C53H95N3O9S3Si3. The van der Waals surface area contributed by atoms with Crippen molar-refractivity contribution in [2.75, 3.05) is 33.4 Å². The van der Waals surface area contributed by atoms with Gasteiger partial charge in [-0.2, -0.15) is 4.31 Å². The van der Waals surface area contributed by atoms with Crippen molar-refractivity contribution in [3.63, 3.8) is 0 Å². The molecule has 2 N–H and O–H groups in total. The van der Waals surface area contributed by atoms with Crippen LogP contribution in [0, 0.1) is 11.8 Å². The van der Waals surface area contributed by atoms with E-state index in [1.165, 1.54) is 15.9 Å². The van der Waals surface area contributed by atoms with Gasteiger partial charge in [0.2, 0.25) is 15.9 Å². The van der Waals surface area contributed by atoms with E-state index in [1.807, 2.05) is 6.92 Å². The molecule has 4 rings (SSSR count). The SMILES string of the molecule is CCN(C(=O)CCC/C=C\C[C@H]1C(O[Si](C)(C)C(C)(C)C)CC(O[Si](C)(C)C(C)(C)C)[C@@H]1CC[C@@H](CCc1ccccc1)O[Si](C)(C)C(C)(C)C)[C@@H]1CN(CCCOC)S(=O)(=O)c2sc(S(N)(=O)=O)cc21. The highest BCUT2D eigenvalue weighted by molar-refractivity contribution is 7.94. The molecule has 1 amide bonds. The lowest BCUT2D eigenvalue weighted by Gasteiger charge is -2.41. The molecule has 1 aromatic carbocycles. The lowest BCUT2D eigenvalue weighted by Crippen LogP contribution is -2.47. The number of sulfonamides is 2. The largest absolute Gasteiger partial charge is 0.414 e. The van der Waals surface area contributed by atoms with E-state index >= 15 is 0 Å². The van der Waals surface area contributed by atoms with Crippen molar-refractivity contribution in [3.8, 4) is 0 Å². The molecule has 0 saturated heterocycles. The van der Waals surface area contributed by atoms with Gasteiger partial charge in [0.1, 0.15) is 8.42 Å². The first-order valence-electron chi connectivity index (χ1n) is 26.3. The number of carbonyl (C=O) groups excluding carboxylic acids is 1. The summed E-state index contributed by atoms with van der Waals surface area (Å²) < 4.78 is 80.9. The summed E-state index contributed by atoms with van der Waals surface area (Å²) >= 11 is 0.650. The third-order valence-electron chi connectivity index (χ3n) is 16.6. The van der Waals surface area contributed by atoms with Gasteiger partial charge in [0.15, 0.2) is 25.0 Å². The molecule has 18 heteroatoms. The number of nitrogens with zero attached hydrogens (tertiary/aromatic N) is 2. The number of amides is 1. The van der Waals surface area contributed by atoms with Gasteiger partial charge in [-0.15, -0.1) is 11.3 Å². The van der Waals surface area contributed by atoms with E-state index in [-0.39, 0.29) is 79.1 Å². The van der Waals surface area contributed by atoms with Gasteiger partial charge in [0, 0.05) is 51.4 Å². The van der Waals surface area contributed by atoms with Crippen LogP contribution in [0.1, 0.15) is 144 Å². The van der Waals surface area contributed by atoms with Crippen LogP contribution >= 0.6 is 11.3 Å². The number of thiophene rings is 1. The van der Waals surface area contributed by atoms with Gasteiger partial charge in [-0.3, -0.25) is 4.79 Å². The van der Waals surface area contributed by atoms with Crippen LogP contribution in [0.15, 0.2) is 57.0 Å². The van der Waals surface area contributed by atoms with E-state index in [0.717, 1.165) is 38.5 Å². The molecule has 2 heterocycles. The standard InChI is InChI=1S/C53H95N3O9S3Si3/c1-18-56(45-39-55(35-26-36-62-11)68(60,61)50-44(45)37-49(66-50)67(54,58)59)48(57)30-25-20-19-24-29-42-43(34-33-41(63-69(12,13)51(2,3)4)32-31-40-27-22-21-23-28-40)47(65-71(16,17)53(8,9)10)38-46(42)64-70(14,15)52(5,6)7/h19,21-24,27-28,37,41-43,45-47H,18,20,25-26,29-36,38-39H2,1-17H3,(H2,54,58,59)/b24-19-/t41-,42-,43-,45-,46?,47?/m1/s1. The van der Waals surface area contributed by atoms with Crippen molar-refractivity contribution < 1.29 is 39.6 Å². The normalized spacial score (nSPS) is 22.3. The molecular weight excluding hydrogens is 1000 g/mol. The topological polar surface area (TPSA) is 155 Å². The maximum atomic E-state index is 14.1. The molecule has 1 aromatic heterocycles. The van der Waals surface area contributed by atoms with Crippen LogP contribution in [-0.2, 0) is 49.3 Å². The third kappa shape index (κ3) is 16.2. The van der Waals surface area contributed by atoms with Gasteiger partial charge >= 0.3 is 0 Å². The van der Waals surface area contributed by atoms with Crippen LogP contribution in [0.25, 0.3) is 0 Å². The Morgan fingerprint density at radius 3 is 1.99 bits per heavy atom. The van der Waals surface area contributed by atoms with Crippen LogP contribution in [-0.4, -0.2) is 109 Å². The summed E-state index contributed by atoms with van der Waals surface area (Å²) in [5.74, 6) is 0.407. The van der Waals surface area contributed by atoms with Crippen LogP contribution in [0.5, 0.6) is 0 Å². The summed E-state index contributed by atoms with van der Waals surface area (Å²) in [6.07, 6.45) is 12.4. The summed E-state index contributed by atoms with van der Waals surface area (Å²) in [6.45, 7) is 37.9. The van der Waals surface area contributed by atoms with Gasteiger partial charge in [0.25, 0.3) is 10.0 Å². The first-order valence-corrected chi connectivity index (χ1v) is 38.8. The average Bonchev–Trinajstić information content (AvgIpc) is 3.83. The number of methoxy groups -OCH3 is 1. The van der Waals surface area contributed by atoms with Gasteiger partial charge in [-0.25, -0.2) is 22.0 Å². The maximum absolute atomic E-state index is 14.1. The minimum atomic E-state index is -4.17. The second-order valence-corrected chi connectivity index (χ2v) is 44.1. The Labute approximate surface area is 439 Å². The highest BCUT2D eigenvalue weighted by Crippen LogP contribution is 2.50. The number of nitrogens with two attached hydrogens (primary N) is 1. The maximum Gasteiger partial charge on any atom is 0.253 e. The zero-order chi connectivity index (χ0) is 53.6. The number of likely N-dealkylation sites (N-methyl/N-ethyl adjacent to an activating group) is 1. The number of hydrogen-bond donors (Lipinski definition) is 1. The highest BCUT2D eigenvalue weighted by atomic mass is 32.3. The molecule has 1 fully saturated rings. The summed E-state index contributed by atoms with van der Waals surface area (Å²) in [5.41, 5.74) is 1.65. The molecule has 0 spiro atoms. The molecule has 2 aromatic rings. The first kappa shape index (κ1) is 62.0. The minimum absolute atomic E-state index is 0.0241. The summed E-state index contributed by atoms with van der Waals surface area (Å²) in [4.78, 5) is 15.8. The lowest BCUT2D eigenvalue weighted by molar-refractivity contribution is -0.134. The molecule has 2 aliphatic rings. The molecule has 12 nitrogen and oxygen atoms in total. The molecule has 1 aliphatic carbocycles. The summed E-state index contributed by atoms with van der Waals surface area (Å²) in [5, 5.41) is 5.69. The monoisotopic (exact) mass is 1100 g/mol. The molecule has 2 unspecified atom stereocenters. The Morgan fingerprint density at radius 1 is 0.873 bits per heavy atom. The Kier molecular flexibility index (Phi) is 21.5. The quantitative estimate of drug-likeness (QED) is 0.0581. The second kappa shape index (κ2) is 24.6. The fraction of sp³-hybridized carbons (Fsp3) is 0.755. The number of primary sulfonamides is 1. The molecule has 1 saturated carbocycles. The van der Waals surface area contributed by atoms with Gasteiger partial charge < -0.3 is 22.9 Å². The smallest absolute Gasteiger partial charge is 0.253 e. The number of rotatable bonds is 25. The van der Waals surface area contributed by atoms with Gasteiger partial charge in [-0.1, -0.05) is 105 Å². The number of unbranched alkanes of at least 4 members (excludes halogenated alkanes) is 1. The number of aryl methyl sites for hydroxylation is 1. The number of fused-ring (bicyclic) bond motifs is 1. The molecule has 71 heavy (non-hydrogen) atoms. The zero-order valence-electron chi connectivity index (χ0n) is 46.9. The van der Waals surface area contributed by atoms with Crippen molar-refractivity contribution in [2.45, 2.75) is 221 Å². The van der Waals surface area contributed by atoms with E-state index in [0.29, 0.717) is 49.3 Å². The fourth-order valence-electron chi connectivity index (χ4n) is 9.21. The number of hydrogen-bond acceptors (Lipinski definition) is 10. The van der Waals surface area contributed by atoms with Crippen molar-refractivity contribution in [3.05, 3.63) is 59.7 Å². The Hall–Kier alpha value is -1.56. The zero-order valence-corrected chi connectivity index (χ0v) is 52.3. The van der Waals surface area contributed by atoms with Crippen molar-refractivity contribution in [1.29, 1.82) is 0 Å². The molecule has 0 radical (unpaired) electrons. The molecule has 1 aliphatic heterocycles. The van der Waals surface area contributed by atoms with Crippen LogP contribution in [0.2, 0.25) is 54.4 Å². The van der Waals surface area contributed by atoms with Gasteiger partial charge in [0.05, 0.1) is 18.2 Å². The summed E-state index contributed by atoms with van der Waals surface area (Å²) in [7, 11) is -13.0. The Balaban J connectivity index is 1.61. The van der Waals surface area contributed by atoms with Crippen molar-refractivity contribution in [2.24, 2.45) is 17.0 Å². The highest BCUT2D eigenvalue weighted by Gasteiger charge is 2.51. The predicted octanol–water partition coefficient (Wildman–Crippen LogP) is 12.7. The molecule has 406 valence electrons. The second-order valence-electron chi connectivity index (χ2n) is 24.9. The predicted molar refractivity (Wildman–Crippen MR) is 300 cm³/mol. The van der Waals surface area contributed by atoms with Crippen LogP contribution < -0.4 is 5.14 Å². The van der Waals surface area contributed by atoms with E-state index in [2.05, 4.69) is 144 Å². The van der Waals surface area contributed by atoms with E-state index in [4.69, 9.17) is 23.2 Å². The first-order chi connectivity index (χ1) is 32.6.